The number of hydrogen-bond donors (Lipinski definition) is 1. The minimum Gasteiger partial charge on any atom is -0.304 e. The summed E-state index contributed by atoms with van der Waals surface area (Å²) in [4.78, 5) is 4.86. The van der Waals surface area contributed by atoms with Crippen LogP contribution in [0, 0.1) is 0 Å². The van der Waals surface area contributed by atoms with Gasteiger partial charge < -0.3 is 4.84 Å². The van der Waals surface area contributed by atoms with Crippen molar-refractivity contribution < 1.29 is 4.84 Å². The Morgan fingerprint density at radius 2 is 2.12 bits per heavy atom. The van der Waals surface area contributed by atoms with Gasteiger partial charge in [0.05, 0.1) is 12.3 Å². The summed E-state index contributed by atoms with van der Waals surface area (Å²) >= 11 is 0. The lowest BCUT2D eigenvalue weighted by atomic mass is 9.84. The molecule has 2 rings (SSSR count). The van der Waals surface area contributed by atoms with Crippen molar-refractivity contribution in [2.45, 2.75) is 44.4 Å². The molecule has 1 aromatic heterocycles. The van der Waals surface area contributed by atoms with Crippen molar-refractivity contribution in [3.05, 3.63) is 17.5 Å². The van der Waals surface area contributed by atoms with Crippen LogP contribution in [-0.2, 0) is 22.7 Å². The summed E-state index contributed by atoms with van der Waals surface area (Å²) in [6.45, 7) is 7.18. The normalized spacial score (nSPS) is 18.8. The second kappa shape index (κ2) is 3.57. The van der Waals surface area contributed by atoms with Crippen molar-refractivity contribution in [3.8, 4) is 0 Å². The third kappa shape index (κ3) is 1.87. The molecular formula is C12H21N3O. The summed E-state index contributed by atoms with van der Waals surface area (Å²) in [5.74, 6) is 5.23. The smallest absolute Gasteiger partial charge is 0.0777 e. The molecule has 0 amide bonds. The minimum atomic E-state index is 0.0702. The van der Waals surface area contributed by atoms with Crippen LogP contribution in [0.25, 0.3) is 0 Å². The number of hydrogen-bond acceptors (Lipinski definition) is 3. The van der Waals surface area contributed by atoms with E-state index in [0.29, 0.717) is 6.61 Å². The summed E-state index contributed by atoms with van der Waals surface area (Å²) in [6.07, 6.45) is 4.42. The molecule has 0 atom stereocenters. The summed E-state index contributed by atoms with van der Waals surface area (Å²) in [6, 6.07) is 0. The van der Waals surface area contributed by atoms with Crippen molar-refractivity contribution in [2.75, 3.05) is 6.61 Å². The molecule has 4 heteroatoms. The number of nitrogens with two attached hydrogens (primary N) is 1. The van der Waals surface area contributed by atoms with Crippen molar-refractivity contribution in [2.24, 2.45) is 12.9 Å². The molecule has 2 N–H and O–H groups in total. The monoisotopic (exact) mass is 223 g/mol. The third-order valence-corrected chi connectivity index (χ3v) is 3.32. The molecule has 0 aliphatic heterocycles. The van der Waals surface area contributed by atoms with Crippen LogP contribution in [-0.4, -0.2) is 16.4 Å². The van der Waals surface area contributed by atoms with Crippen LogP contribution in [0.3, 0.4) is 0 Å². The number of aryl methyl sites for hydroxylation is 1. The zero-order valence-corrected chi connectivity index (χ0v) is 10.6. The Morgan fingerprint density at radius 1 is 1.50 bits per heavy atom. The zero-order chi connectivity index (χ0) is 12.0. The first-order chi connectivity index (χ1) is 7.39. The topological polar surface area (TPSA) is 53.1 Å². The van der Waals surface area contributed by atoms with Crippen molar-refractivity contribution in [1.29, 1.82) is 0 Å². The van der Waals surface area contributed by atoms with Crippen LogP contribution < -0.4 is 5.90 Å². The lowest BCUT2D eigenvalue weighted by molar-refractivity contribution is 0.115. The van der Waals surface area contributed by atoms with Gasteiger partial charge >= 0.3 is 0 Å². The van der Waals surface area contributed by atoms with Crippen LogP contribution in [0.1, 0.15) is 44.9 Å². The van der Waals surface area contributed by atoms with E-state index in [1.165, 1.54) is 11.3 Å². The summed E-state index contributed by atoms with van der Waals surface area (Å²) in [5, 5.41) is 4.59. The first-order valence-electron chi connectivity index (χ1n) is 5.75. The Morgan fingerprint density at radius 3 is 2.56 bits per heavy atom. The van der Waals surface area contributed by atoms with E-state index in [1.54, 1.807) is 0 Å². The molecule has 1 saturated carbocycles. The number of nitrogens with zero attached hydrogens (tertiary/aromatic N) is 2. The van der Waals surface area contributed by atoms with Gasteiger partial charge in [-0.1, -0.05) is 20.8 Å². The van der Waals surface area contributed by atoms with Gasteiger partial charge in [-0.05, 0) is 12.8 Å². The molecule has 0 aromatic carbocycles. The standard InChI is InChI=1S/C12H21N3O/c1-11(2,3)10-9(7-15(4)14-10)12(5-6-12)8-16-13/h7H,5-6,8,13H2,1-4H3. The lowest BCUT2D eigenvalue weighted by Crippen LogP contribution is -2.23. The van der Waals surface area contributed by atoms with E-state index in [2.05, 4.69) is 32.1 Å². The first kappa shape index (κ1) is 11.6. The van der Waals surface area contributed by atoms with E-state index >= 15 is 0 Å². The molecular weight excluding hydrogens is 202 g/mol. The lowest BCUT2D eigenvalue weighted by Gasteiger charge is -2.21. The van der Waals surface area contributed by atoms with E-state index in [-0.39, 0.29) is 10.8 Å². The van der Waals surface area contributed by atoms with Gasteiger partial charge in [0.1, 0.15) is 0 Å². The van der Waals surface area contributed by atoms with Crippen molar-refractivity contribution >= 4 is 0 Å². The Hall–Kier alpha value is -0.870. The number of aromatic nitrogens is 2. The summed E-state index contributed by atoms with van der Waals surface area (Å²) in [5.41, 5.74) is 2.68. The van der Waals surface area contributed by atoms with Gasteiger partial charge in [-0.2, -0.15) is 5.10 Å². The van der Waals surface area contributed by atoms with Gasteiger partial charge in [0.2, 0.25) is 0 Å². The highest BCUT2D eigenvalue weighted by molar-refractivity contribution is 5.37. The highest BCUT2D eigenvalue weighted by atomic mass is 16.6. The third-order valence-electron chi connectivity index (χ3n) is 3.32. The summed E-state index contributed by atoms with van der Waals surface area (Å²) in [7, 11) is 1.97. The van der Waals surface area contributed by atoms with E-state index in [0.717, 1.165) is 12.8 Å². The molecule has 0 saturated heterocycles. The molecule has 1 aliphatic rings. The molecule has 1 heterocycles. The molecule has 1 aliphatic carbocycles. The van der Waals surface area contributed by atoms with Gasteiger partial charge in [-0.15, -0.1) is 0 Å². The first-order valence-corrected chi connectivity index (χ1v) is 5.75. The molecule has 4 nitrogen and oxygen atoms in total. The SMILES string of the molecule is Cn1cc(C2(CON)CC2)c(C(C)(C)C)n1. The van der Waals surface area contributed by atoms with E-state index in [1.807, 2.05) is 11.7 Å². The van der Waals surface area contributed by atoms with Crippen LogP contribution in [0.4, 0.5) is 0 Å². The fraction of sp³-hybridized carbons (Fsp3) is 0.750. The van der Waals surface area contributed by atoms with Gasteiger partial charge in [-0.25, -0.2) is 5.90 Å². The maximum absolute atomic E-state index is 5.23. The Balaban J connectivity index is 2.41. The molecule has 1 aromatic rings. The fourth-order valence-corrected chi connectivity index (χ4v) is 2.23. The molecule has 0 radical (unpaired) electrons. The van der Waals surface area contributed by atoms with Gasteiger partial charge in [0.25, 0.3) is 0 Å². The predicted molar refractivity (Wildman–Crippen MR) is 63.0 cm³/mol. The average molecular weight is 223 g/mol. The Kier molecular flexibility index (Phi) is 2.59. The molecule has 16 heavy (non-hydrogen) atoms. The largest absolute Gasteiger partial charge is 0.304 e. The quantitative estimate of drug-likeness (QED) is 0.793. The van der Waals surface area contributed by atoms with Crippen LogP contribution in [0.5, 0.6) is 0 Å². The minimum absolute atomic E-state index is 0.0702. The predicted octanol–water partition coefficient (Wildman–Crippen LogP) is 1.64. The van der Waals surface area contributed by atoms with E-state index < -0.39 is 0 Å². The Labute approximate surface area is 96.7 Å². The number of rotatable bonds is 3. The molecule has 0 unspecified atom stereocenters. The van der Waals surface area contributed by atoms with Crippen LogP contribution >= 0.6 is 0 Å². The van der Waals surface area contributed by atoms with Crippen molar-refractivity contribution in [1.82, 2.24) is 9.78 Å². The Bertz CT molecular complexity index is 385. The van der Waals surface area contributed by atoms with Crippen LogP contribution in [0.2, 0.25) is 0 Å². The molecule has 0 bridgehead atoms. The van der Waals surface area contributed by atoms with Gasteiger partial charge in [0, 0.05) is 29.6 Å². The van der Waals surface area contributed by atoms with Crippen LogP contribution in [0.15, 0.2) is 6.20 Å². The maximum atomic E-state index is 5.23. The second-order valence-electron chi connectivity index (χ2n) is 5.91. The maximum Gasteiger partial charge on any atom is 0.0777 e. The molecule has 90 valence electrons. The van der Waals surface area contributed by atoms with E-state index in [4.69, 9.17) is 10.7 Å². The highest BCUT2D eigenvalue weighted by Crippen LogP contribution is 2.50. The fourth-order valence-electron chi connectivity index (χ4n) is 2.23. The van der Waals surface area contributed by atoms with Crippen molar-refractivity contribution in [3.63, 3.8) is 0 Å². The van der Waals surface area contributed by atoms with Gasteiger partial charge in [-0.3, -0.25) is 4.68 Å². The summed E-state index contributed by atoms with van der Waals surface area (Å²) < 4.78 is 1.90. The second-order valence-corrected chi connectivity index (χ2v) is 5.91. The molecule has 0 spiro atoms. The van der Waals surface area contributed by atoms with E-state index in [9.17, 15) is 0 Å². The highest BCUT2D eigenvalue weighted by Gasteiger charge is 2.48. The molecule has 1 fully saturated rings. The average Bonchev–Trinajstić information content (AvgIpc) is 2.81. The zero-order valence-electron chi connectivity index (χ0n) is 10.6. The van der Waals surface area contributed by atoms with Gasteiger partial charge in [0.15, 0.2) is 0 Å².